The summed E-state index contributed by atoms with van der Waals surface area (Å²) >= 11 is 0. The number of nitrogens with one attached hydrogen (secondary N) is 1. The Bertz CT molecular complexity index is 689. The van der Waals surface area contributed by atoms with Crippen molar-refractivity contribution < 1.29 is 23.9 Å². The van der Waals surface area contributed by atoms with E-state index >= 15 is 0 Å². The molecule has 0 aromatic heterocycles. The van der Waals surface area contributed by atoms with E-state index in [0.29, 0.717) is 31.7 Å². The molecule has 1 heterocycles. The maximum atomic E-state index is 12.8. The number of likely N-dealkylation sites (tertiary alicyclic amines) is 1. The van der Waals surface area contributed by atoms with Gasteiger partial charge < -0.3 is 19.7 Å². The van der Waals surface area contributed by atoms with E-state index in [9.17, 15) is 14.4 Å². The Morgan fingerprint density at radius 3 is 2.52 bits per heavy atom. The standard InChI is InChI=1S/C22H32N2O5/c1-4-6-14-24-20(26)12-11-18(22(27)29-15-19(25)23-13-5-2)21(24)16-7-9-17(28-3)10-8-16/h7-10,18,21H,4-6,11-15H2,1-3H3,(H,23,25)/t18-,21-/m0/s1. The van der Waals surface area contributed by atoms with E-state index in [1.807, 2.05) is 31.2 Å². The number of rotatable bonds is 10. The number of methoxy groups -OCH3 is 1. The molecule has 1 N–H and O–H groups in total. The maximum absolute atomic E-state index is 12.8. The van der Waals surface area contributed by atoms with Crippen LogP contribution in [0.3, 0.4) is 0 Å². The van der Waals surface area contributed by atoms with Crippen molar-refractivity contribution in [2.24, 2.45) is 5.92 Å². The molecule has 7 heteroatoms. The summed E-state index contributed by atoms with van der Waals surface area (Å²) in [5.74, 6) is -0.494. The van der Waals surface area contributed by atoms with Gasteiger partial charge in [0.05, 0.1) is 19.1 Å². The molecule has 2 rings (SSSR count). The second-order valence-corrected chi connectivity index (χ2v) is 7.26. The molecule has 0 radical (unpaired) electrons. The first kappa shape index (κ1) is 22.7. The minimum Gasteiger partial charge on any atom is -0.497 e. The highest BCUT2D eigenvalue weighted by molar-refractivity contribution is 5.84. The number of benzene rings is 1. The normalized spacial score (nSPS) is 19.0. The highest BCUT2D eigenvalue weighted by atomic mass is 16.5. The van der Waals surface area contributed by atoms with Crippen molar-refractivity contribution in [3.05, 3.63) is 29.8 Å². The average Bonchev–Trinajstić information content (AvgIpc) is 2.75. The highest BCUT2D eigenvalue weighted by Gasteiger charge is 2.41. The van der Waals surface area contributed by atoms with Crippen LogP contribution in [-0.4, -0.2) is 49.5 Å². The lowest BCUT2D eigenvalue weighted by molar-refractivity contribution is -0.159. The number of esters is 1. The van der Waals surface area contributed by atoms with Gasteiger partial charge in [-0.2, -0.15) is 0 Å². The van der Waals surface area contributed by atoms with Crippen molar-refractivity contribution in [1.29, 1.82) is 0 Å². The number of nitrogens with zero attached hydrogens (tertiary/aromatic N) is 1. The van der Waals surface area contributed by atoms with E-state index in [1.165, 1.54) is 0 Å². The fourth-order valence-electron chi connectivity index (χ4n) is 3.56. The van der Waals surface area contributed by atoms with Gasteiger partial charge in [-0.05, 0) is 37.0 Å². The van der Waals surface area contributed by atoms with Crippen LogP contribution in [0, 0.1) is 5.92 Å². The second kappa shape index (κ2) is 11.4. The lowest BCUT2D eigenvalue weighted by Crippen LogP contribution is -2.46. The summed E-state index contributed by atoms with van der Waals surface area (Å²) in [5, 5.41) is 2.70. The number of amides is 2. The van der Waals surface area contributed by atoms with E-state index in [2.05, 4.69) is 12.2 Å². The van der Waals surface area contributed by atoms with E-state index in [0.717, 1.165) is 24.8 Å². The van der Waals surface area contributed by atoms with Crippen LogP contribution in [0.1, 0.15) is 57.6 Å². The van der Waals surface area contributed by atoms with Crippen molar-refractivity contribution in [1.82, 2.24) is 10.2 Å². The van der Waals surface area contributed by atoms with Crippen LogP contribution in [0.25, 0.3) is 0 Å². The van der Waals surface area contributed by atoms with Crippen LogP contribution >= 0.6 is 0 Å². The molecule has 1 fully saturated rings. The Balaban J connectivity index is 2.20. The molecule has 1 aromatic rings. The summed E-state index contributed by atoms with van der Waals surface area (Å²) in [6.07, 6.45) is 3.34. The van der Waals surface area contributed by atoms with Gasteiger partial charge in [0.25, 0.3) is 5.91 Å². The first-order chi connectivity index (χ1) is 14.0. The Morgan fingerprint density at radius 1 is 1.17 bits per heavy atom. The molecule has 29 heavy (non-hydrogen) atoms. The van der Waals surface area contributed by atoms with Crippen molar-refractivity contribution in [2.75, 3.05) is 26.8 Å². The third-order valence-electron chi connectivity index (χ3n) is 5.14. The van der Waals surface area contributed by atoms with Gasteiger partial charge >= 0.3 is 5.97 Å². The van der Waals surface area contributed by atoms with Crippen LogP contribution in [-0.2, 0) is 19.1 Å². The quantitative estimate of drug-likeness (QED) is 0.606. The topological polar surface area (TPSA) is 84.9 Å². The van der Waals surface area contributed by atoms with Gasteiger partial charge in [0.1, 0.15) is 5.75 Å². The molecule has 1 aromatic carbocycles. The number of carbonyl (C=O) groups excluding carboxylic acids is 3. The first-order valence-electron chi connectivity index (χ1n) is 10.4. The summed E-state index contributed by atoms with van der Waals surface area (Å²) in [6.45, 7) is 4.86. The highest BCUT2D eigenvalue weighted by Crippen LogP contribution is 2.38. The van der Waals surface area contributed by atoms with E-state index in [-0.39, 0.29) is 18.4 Å². The fourth-order valence-corrected chi connectivity index (χ4v) is 3.56. The first-order valence-corrected chi connectivity index (χ1v) is 10.4. The van der Waals surface area contributed by atoms with Gasteiger partial charge in [0.2, 0.25) is 5.91 Å². The van der Waals surface area contributed by atoms with Gasteiger partial charge in [-0.1, -0.05) is 32.4 Å². The van der Waals surface area contributed by atoms with E-state index in [4.69, 9.17) is 9.47 Å². The van der Waals surface area contributed by atoms with Crippen LogP contribution in [0.5, 0.6) is 5.75 Å². The zero-order valence-electron chi connectivity index (χ0n) is 17.6. The van der Waals surface area contributed by atoms with Crippen molar-refractivity contribution in [3.63, 3.8) is 0 Å². The van der Waals surface area contributed by atoms with Gasteiger partial charge in [0, 0.05) is 19.5 Å². The number of piperidine rings is 1. The van der Waals surface area contributed by atoms with Crippen molar-refractivity contribution in [2.45, 2.75) is 52.0 Å². The van der Waals surface area contributed by atoms with Crippen LogP contribution in [0.4, 0.5) is 0 Å². The third kappa shape index (κ3) is 6.21. The lowest BCUT2D eigenvalue weighted by Gasteiger charge is -2.40. The SMILES string of the molecule is CCCCN1C(=O)CC[C@H](C(=O)OCC(=O)NCCC)[C@@H]1c1ccc(OC)cc1. The molecule has 2 atom stereocenters. The zero-order valence-corrected chi connectivity index (χ0v) is 17.6. The molecule has 0 aliphatic carbocycles. The minimum absolute atomic E-state index is 0.0454. The molecule has 0 unspecified atom stereocenters. The molecule has 1 aliphatic rings. The molecular weight excluding hydrogens is 372 g/mol. The van der Waals surface area contributed by atoms with Crippen molar-refractivity contribution in [3.8, 4) is 5.75 Å². The Labute approximate surface area is 172 Å². The van der Waals surface area contributed by atoms with Crippen molar-refractivity contribution >= 4 is 17.8 Å². The summed E-state index contributed by atoms with van der Waals surface area (Å²) < 4.78 is 10.5. The molecule has 0 bridgehead atoms. The zero-order chi connectivity index (χ0) is 21.2. The molecule has 0 spiro atoms. The molecule has 0 saturated carbocycles. The van der Waals surface area contributed by atoms with Gasteiger partial charge in [0.15, 0.2) is 6.61 Å². The molecule has 7 nitrogen and oxygen atoms in total. The largest absolute Gasteiger partial charge is 0.497 e. The summed E-state index contributed by atoms with van der Waals surface area (Å²) in [4.78, 5) is 39.1. The van der Waals surface area contributed by atoms with Gasteiger partial charge in [-0.15, -0.1) is 0 Å². The van der Waals surface area contributed by atoms with Gasteiger partial charge in [-0.25, -0.2) is 0 Å². The molecular formula is C22H32N2O5. The van der Waals surface area contributed by atoms with E-state index in [1.54, 1.807) is 12.0 Å². The van der Waals surface area contributed by atoms with Crippen LogP contribution in [0.15, 0.2) is 24.3 Å². The monoisotopic (exact) mass is 404 g/mol. The lowest BCUT2D eigenvalue weighted by atomic mass is 9.84. The minimum atomic E-state index is -0.503. The Hall–Kier alpha value is -2.57. The summed E-state index contributed by atoms with van der Waals surface area (Å²) in [6, 6.07) is 7.02. The Kier molecular flexibility index (Phi) is 8.96. The van der Waals surface area contributed by atoms with Gasteiger partial charge in [-0.3, -0.25) is 14.4 Å². The second-order valence-electron chi connectivity index (χ2n) is 7.26. The van der Waals surface area contributed by atoms with E-state index < -0.39 is 17.9 Å². The predicted octanol–water partition coefficient (Wildman–Crippen LogP) is 2.84. The number of unbranched alkanes of at least 4 members (excludes halogenated alkanes) is 1. The smallest absolute Gasteiger partial charge is 0.311 e. The molecule has 160 valence electrons. The Morgan fingerprint density at radius 2 is 1.90 bits per heavy atom. The number of ether oxygens (including phenoxy) is 2. The summed E-state index contributed by atoms with van der Waals surface area (Å²) in [5.41, 5.74) is 0.868. The predicted molar refractivity (Wildman–Crippen MR) is 109 cm³/mol. The van der Waals surface area contributed by atoms with Crippen LogP contribution in [0.2, 0.25) is 0 Å². The number of hydrogen-bond acceptors (Lipinski definition) is 5. The average molecular weight is 405 g/mol. The maximum Gasteiger partial charge on any atom is 0.311 e. The fraction of sp³-hybridized carbons (Fsp3) is 0.591. The molecule has 1 aliphatic heterocycles. The molecule has 2 amide bonds. The summed E-state index contributed by atoms with van der Waals surface area (Å²) in [7, 11) is 1.59. The molecule has 1 saturated heterocycles. The van der Waals surface area contributed by atoms with Crippen LogP contribution < -0.4 is 10.1 Å². The number of carbonyl (C=O) groups is 3. The third-order valence-corrected chi connectivity index (χ3v) is 5.14. The number of hydrogen-bond donors (Lipinski definition) is 1.